The van der Waals surface area contributed by atoms with Crippen LogP contribution < -0.4 is 4.90 Å². The highest BCUT2D eigenvalue weighted by molar-refractivity contribution is 7.19. The summed E-state index contributed by atoms with van der Waals surface area (Å²) < 4.78 is 38.0. The Kier molecular flexibility index (Phi) is 4.29. The van der Waals surface area contributed by atoms with E-state index in [1.54, 1.807) is 23.3 Å². The van der Waals surface area contributed by atoms with E-state index in [4.69, 9.17) is 0 Å². The molecule has 0 radical (unpaired) electrons. The monoisotopic (exact) mass is 384 g/mol. The molecule has 2 aromatic heterocycles. The van der Waals surface area contributed by atoms with Crippen molar-refractivity contribution in [3.8, 4) is 0 Å². The first kappa shape index (κ1) is 17.5. The lowest BCUT2D eigenvalue weighted by Gasteiger charge is -2.26. The second-order valence-corrected chi connectivity index (χ2v) is 7.96. The highest BCUT2D eigenvalue weighted by atomic mass is 32.1. The van der Waals surface area contributed by atoms with Crippen LogP contribution in [0.25, 0.3) is 10.2 Å². The first-order valence-electron chi connectivity index (χ1n) is 8.69. The molecule has 1 unspecified atom stereocenters. The predicted molar refractivity (Wildman–Crippen MR) is 93.5 cm³/mol. The number of halogens is 3. The molecule has 0 saturated carbocycles. The van der Waals surface area contributed by atoms with E-state index in [-0.39, 0.29) is 6.54 Å². The van der Waals surface area contributed by atoms with Crippen molar-refractivity contribution in [2.75, 3.05) is 25.0 Å². The maximum absolute atomic E-state index is 12.7. The number of carbonyl (C=O) groups is 1. The third-order valence-electron chi connectivity index (χ3n) is 5.17. The van der Waals surface area contributed by atoms with Crippen molar-refractivity contribution < 1.29 is 18.0 Å². The summed E-state index contributed by atoms with van der Waals surface area (Å²) in [5, 5.41) is 0.969. The lowest BCUT2D eigenvalue weighted by molar-refractivity contribution is -0.157. The van der Waals surface area contributed by atoms with Gasteiger partial charge < -0.3 is 9.80 Å². The second kappa shape index (κ2) is 6.37. The van der Waals surface area contributed by atoms with Gasteiger partial charge in [0.1, 0.15) is 29.6 Å². The second-order valence-electron chi connectivity index (χ2n) is 6.88. The Balaban J connectivity index is 1.66. The number of alkyl halides is 3. The van der Waals surface area contributed by atoms with Gasteiger partial charge in [0.25, 0.3) is 0 Å². The Morgan fingerprint density at radius 2 is 2.08 bits per heavy atom. The molecular formula is C17H19F3N4OS. The summed E-state index contributed by atoms with van der Waals surface area (Å²) in [6, 6.07) is -0.616. The van der Waals surface area contributed by atoms with Crippen LogP contribution in [0.4, 0.5) is 19.0 Å². The number of hydrogen-bond donors (Lipinski definition) is 0. The first-order chi connectivity index (χ1) is 12.3. The SMILES string of the molecule is CN(c1ncnc2sc3c(c12)CCCC3)C1CCN(CC(F)(F)F)C1=O. The maximum atomic E-state index is 12.7. The van der Waals surface area contributed by atoms with Gasteiger partial charge in [0.15, 0.2) is 0 Å². The normalized spacial score (nSPS) is 20.7. The van der Waals surface area contributed by atoms with Gasteiger partial charge >= 0.3 is 6.18 Å². The Hall–Kier alpha value is -1.90. The van der Waals surface area contributed by atoms with Gasteiger partial charge in [0.2, 0.25) is 5.91 Å². The van der Waals surface area contributed by atoms with Crippen LogP contribution in [-0.2, 0) is 17.6 Å². The molecule has 0 N–H and O–H groups in total. The number of likely N-dealkylation sites (N-methyl/N-ethyl adjacent to an activating group) is 1. The van der Waals surface area contributed by atoms with Gasteiger partial charge in [-0.25, -0.2) is 9.97 Å². The number of thiophene rings is 1. The number of aryl methyl sites for hydroxylation is 2. The van der Waals surface area contributed by atoms with Crippen molar-refractivity contribution in [1.82, 2.24) is 14.9 Å². The minimum atomic E-state index is -4.38. The first-order valence-corrected chi connectivity index (χ1v) is 9.50. The van der Waals surface area contributed by atoms with E-state index in [2.05, 4.69) is 9.97 Å². The summed E-state index contributed by atoms with van der Waals surface area (Å²) in [5.41, 5.74) is 1.25. The van der Waals surface area contributed by atoms with E-state index in [9.17, 15) is 18.0 Å². The van der Waals surface area contributed by atoms with E-state index in [0.29, 0.717) is 12.2 Å². The lowest BCUT2D eigenvalue weighted by atomic mass is 9.97. The van der Waals surface area contributed by atoms with Crippen LogP contribution in [0.15, 0.2) is 6.33 Å². The highest BCUT2D eigenvalue weighted by Gasteiger charge is 2.41. The largest absolute Gasteiger partial charge is 0.406 e. The van der Waals surface area contributed by atoms with Crippen LogP contribution in [-0.4, -0.2) is 53.1 Å². The molecule has 1 aliphatic carbocycles. The minimum absolute atomic E-state index is 0.114. The molecule has 2 aliphatic rings. The number of fused-ring (bicyclic) bond motifs is 3. The van der Waals surface area contributed by atoms with Crippen molar-refractivity contribution in [3.63, 3.8) is 0 Å². The van der Waals surface area contributed by atoms with E-state index < -0.39 is 24.7 Å². The topological polar surface area (TPSA) is 49.3 Å². The molecule has 3 heterocycles. The fourth-order valence-corrected chi connectivity index (χ4v) is 5.17. The van der Waals surface area contributed by atoms with Crippen molar-refractivity contribution in [2.24, 2.45) is 0 Å². The Labute approximate surface area is 152 Å². The maximum Gasteiger partial charge on any atom is 0.406 e. The third-order valence-corrected chi connectivity index (χ3v) is 6.37. The molecule has 0 spiro atoms. The molecular weight excluding hydrogens is 365 g/mol. The molecule has 0 bridgehead atoms. The molecule has 1 saturated heterocycles. The molecule has 1 fully saturated rings. The average molecular weight is 384 g/mol. The van der Waals surface area contributed by atoms with Gasteiger partial charge in [-0.15, -0.1) is 11.3 Å². The third kappa shape index (κ3) is 3.02. The van der Waals surface area contributed by atoms with Crippen molar-refractivity contribution in [1.29, 1.82) is 0 Å². The van der Waals surface area contributed by atoms with Crippen LogP contribution in [0.2, 0.25) is 0 Å². The van der Waals surface area contributed by atoms with Crippen molar-refractivity contribution in [2.45, 2.75) is 44.3 Å². The van der Waals surface area contributed by atoms with E-state index >= 15 is 0 Å². The average Bonchev–Trinajstić information content (AvgIpc) is 3.14. The summed E-state index contributed by atoms with van der Waals surface area (Å²) in [5.74, 6) is 0.169. The lowest BCUT2D eigenvalue weighted by Crippen LogP contribution is -2.43. The summed E-state index contributed by atoms with van der Waals surface area (Å²) in [6.07, 6.45) is 1.72. The molecule has 0 aromatic carbocycles. The number of aromatic nitrogens is 2. The van der Waals surface area contributed by atoms with Gasteiger partial charge in [-0.1, -0.05) is 0 Å². The van der Waals surface area contributed by atoms with Crippen LogP contribution in [0, 0.1) is 0 Å². The van der Waals surface area contributed by atoms with Gasteiger partial charge in [-0.05, 0) is 37.7 Å². The zero-order valence-corrected chi connectivity index (χ0v) is 15.2. The summed E-state index contributed by atoms with van der Waals surface area (Å²) in [6.45, 7) is -1.08. The number of carbonyl (C=O) groups excluding carboxylic acids is 1. The molecule has 5 nitrogen and oxygen atoms in total. The Bertz CT molecular complexity index is 850. The van der Waals surface area contributed by atoms with Gasteiger partial charge in [-0.3, -0.25) is 4.79 Å². The van der Waals surface area contributed by atoms with Crippen LogP contribution >= 0.6 is 11.3 Å². The number of anilines is 1. The van der Waals surface area contributed by atoms with Crippen molar-refractivity contribution in [3.05, 3.63) is 16.8 Å². The molecule has 1 amide bonds. The number of amides is 1. The van der Waals surface area contributed by atoms with E-state index in [1.807, 2.05) is 0 Å². The fraction of sp³-hybridized carbons (Fsp3) is 0.588. The Morgan fingerprint density at radius 3 is 2.85 bits per heavy atom. The van der Waals surface area contributed by atoms with Gasteiger partial charge in [0.05, 0.1) is 5.39 Å². The zero-order chi connectivity index (χ0) is 18.5. The van der Waals surface area contributed by atoms with Crippen LogP contribution in [0.1, 0.15) is 29.7 Å². The zero-order valence-electron chi connectivity index (χ0n) is 14.3. The van der Waals surface area contributed by atoms with Crippen molar-refractivity contribution >= 4 is 33.3 Å². The summed E-state index contributed by atoms with van der Waals surface area (Å²) in [4.78, 5) is 26.1. The minimum Gasteiger partial charge on any atom is -0.347 e. The predicted octanol–water partition coefficient (Wildman–Crippen LogP) is 3.17. The van der Waals surface area contributed by atoms with Crippen LogP contribution in [0.5, 0.6) is 0 Å². The smallest absolute Gasteiger partial charge is 0.347 e. The number of hydrogen-bond acceptors (Lipinski definition) is 5. The molecule has 1 aliphatic heterocycles. The van der Waals surface area contributed by atoms with E-state index in [0.717, 1.165) is 40.8 Å². The quantitative estimate of drug-likeness (QED) is 0.816. The molecule has 9 heteroatoms. The Morgan fingerprint density at radius 1 is 1.31 bits per heavy atom. The number of nitrogens with zero attached hydrogens (tertiary/aromatic N) is 4. The standard InChI is InChI=1S/C17H19F3N4OS/c1-23(11-6-7-24(16(11)25)8-17(18,19)20)14-13-10-4-2-3-5-12(10)26-15(13)22-9-21-14/h9,11H,2-8H2,1H3. The van der Waals surface area contributed by atoms with Crippen LogP contribution in [0.3, 0.4) is 0 Å². The summed E-state index contributed by atoms with van der Waals surface area (Å²) >= 11 is 1.66. The number of likely N-dealkylation sites (tertiary alicyclic amines) is 1. The molecule has 2 aromatic rings. The highest BCUT2D eigenvalue weighted by Crippen LogP contribution is 2.40. The molecule has 140 valence electrons. The molecule has 26 heavy (non-hydrogen) atoms. The summed E-state index contributed by atoms with van der Waals surface area (Å²) in [7, 11) is 1.74. The van der Waals surface area contributed by atoms with E-state index in [1.165, 1.54) is 16.8 Å². The van der Waals surface area contributed by atoms with Gasteiger partial charge in [-0.2, -0.15) is 13.2 Å². The van der Waals surface area contributed by atoms with Gasteiger partial charge in [0, 0.05) is 18.5 Å². The molecule has 1 atom stereocenters. The number of rotatable bonds is 3. The molecule has 4 rings (SSSR count). The fourth-order valence-electron chi connectivity index (χ4n) is 3.94.